The molecule has 4 rings (SSSR count). The van der Waals surface area contributed by atoms with E-state index in [2.05, 4.69) is 17.5 Å². The van der Waals surface area contributed by atoms with E-state index >= 15 is 0 Å². The lowest BCUT2D eigenvalue weighted by atomic mass is 9.99. The Kier molecular flexibility index (Phi) is 2.97. The van der Waals surface area contributed by atoms with Crippen molar-refractivity contribution in [1.29, 1.82) is 0 Å². The maximum atomic E-state index is 12.7. The zero-order valence-electron chi connectivity index (χ0n) is 11.3. The Hall–Kier alpha value is -1.85. The van der Waals surface area contributed by atoms with Gasteiger partial charge in [-0.05, 0) is 47.2 Å². The summed E-state index contributed by atoms with van der Waals surface area (Å²) in [6, 6.07) is 10.1. The van der Waals surface area contributed by atoms with Crippen molar-refractivity contribution < 1.29 is 4.79 Å². The van der Waals surface area contributed by atoms with Crippen molar-refractivity contribution in [3.05, 3.63) is 51.7 Å². The molecule has 0 unspecified atom stereocenters. The molecule has 0 atom stereocenters. The first-order valence-electron chi connectivity index (χ1n) is 6.84. The van der Waals surface area contributed by atoms with E-state index in [1.54, 1.807) is 22.7 Å². The van der Waals surface area contributed by atoms with E-state index in [0.717, 1.165) is 23.5 Å². The molecule has 0 radical (unpaired) electrons. The Morgan fingerprint density at radius 1 is 1.14 bits per heavy atom. The molecule has 1 amide bonds. The van der Waals surface area contributed by atoms with Gasteiger partial charge in [0.1, 0.15) is 0 Å². The highest BCUT2D eigenvalue weighted by molar-refractivity contribution is 7.27. The number of carbonyl (C=O) groups excluding carboxylic acids is 1. The van der Waals surface area contributed by atoms with Crippen LogP contribution in [0, 0.1) is 0 Å². The van der Waals surface area contributed by atoms with Gasteiger partial charge in [-0.15, -0.1) is 22.7 Å². The summed E-state index contributed by atoms with van der Waals surface area (Å²) >= 11 is 3.27. The van der Waals surface area contributed by atoms with E-state index in [9.17, 15) is 4.79 Å². The number of rotatable bonds is 1. The fourth-order valence-corrected chi connectivity index (χ4v) is 4.85. The molecule has 0 bridgehead atoms. The molecule has 0 spiro atoms. The summed E-state index contributed by atoms with van der Waals surface area (Å²) in [6.45, 7) is 1.44. The van der Waals surface area contributed by atoms with Crippen molar-refractivity contribution in [1.82, 2.24) is 4.90 Å². The van der Waals surface area contributed by atoms with Crippen LogP contribution in [0.4, 0.5) is 5.69 Å². The molecule has 0 saturated heterocycles. The number of nitrogens with zero attached hydrogens (tertiary/aromatic N) is 1. The van der Waals surface area contributed by atoms with Gasteiger partial charge >= 0.3 is 0 Å². The Morgan fingerprint density at radius 2 is 2.05 bits per heavy atom. The quantitative estimate of drug-likeness (QED) is 0.695. The van der Waals surface area contributed by atoms with Crippen LogP contribution >= 0.6 is 22.7 Å². The van der Waals surface area contributed by atoms with E-state index < -0.39 is 0 Å². The Labute approximate surface area is 130 Å². The molecular weight excluding hydrogens is 300 g/mol. The number of amides is 1. The van der Waals surface area contributed by atoms with Crippen molar-refractivity contribution in [3.63, 3.8) is 0 Å². The van der Waals surface area contributed by atoms with Crippen LogP contribution in [-0.4, -0.2) is 17.4 Å². The summed E-state index contributed by atoms with van der Waals surface area (Å²) in [6.07, 6.45) is 0.904. The van der Waals surface area contributed by atoms with Gasteiger partial charge in [-0.1, -0.05) is 6.07 Å². The first-order valence-corrected chi connectivity index (χ1v) is 8.54. The minimum atomic E-state index is 0.136. The van der Waals surface area contributed by atoms with E-state index in [-0.39, 0.29) is 5.91 Å². The third kappa shape index (κ3) is 2.22. The zero-order valence-corrected chi connectivity index (χ0v) is 13.0. The van der Waals surface area contributed by atoms with Gasteiger partial charge in [0, 0.05) is 28.2 Å². The fourth-order valence-electron chi connectivity index (χ4n) is 2.78. The van der Waals surface area contributed by atoms with Crippen molar-refractivity contribution in [3.8, 4) is 0 Å². The average Bonchev–Trinajstić information content (AvgIpc) is 3.06. The van der Waals surface area contributed by atoms with Crippen molar-refractivity contribution in [2.45, 2.75) is 13.0 Å². The van der Waals surface area contributed by atoms with Gasteiger partial charge in [-0.2, -0.15) is 0 Å². The topological polar surface area (TPSA) is 46.3 Å². The predicted octanol–water partition coefficient (Wildman–Crippen LogP) is 3.74. The third-order valence-corrected chi connectivity index (χ3v) is 5.96. The Balaban J connectivity index is 1.62. The van der Waals surface area contributed by atoms with Gasteiger partial charge in [0.2, 0.25) is 0 Å². The molecule has 2 aromatic heterocycles. The molecule has 3 aromatic rings. The molecule has 106 valence electrons. The monoisotopic (exact) mass is 314 g/mol. The van der Waals surface area contributed by atoms with Gasteiger partial charge < -0.3 is 10.6 Å². The molecular formula is C16H14N2OS2. The summed E-state index contributed by atoms with van der Waals surface area (Å²) in [5.41, 5.74) is 9.10. The van der Waals surface area contributed by atoms with E-state index in [4.69, 9.17) is 5.73 Å². The van der Waals surface area contributed by atoms with Crippen LogP contribution in [-0.2, 0) is 13.0 Å². The van der Waals surface area contributed by atoms with Crippen LogP contribution in [0.3, 0.4) is 0 Å². The van der Waals surface area contributed by atoms with Crippen molar-refractivity contribution >= 4 is 43.7 Å². The minimum Gasteiger partial charge on any atom is -0.399 e. The fraction of sp³-hybridized carbons (Fsp3) is 0.188. The number of hydrogen-bond donors (Lipinski definition) is 1. The molecule has 3 nitrogen and oxygen atoms in total. The molecule has 0 fully saturated rings. The van der Waals surface area contributed by atoms with Crippen LogP contribution in [0.5, 0.6) is 0 Å². The first kappa shape index (κ1) is 12.9. The highest BCUT2D eigenvalue weighted by Gasteiger charge is 2.23. The second-order valence-electron chi connectivity index (χ2n) is 5.26. The number of nitrogen functional groups attached to an aromatic ring is 1. The van der Waals surface area contributed by atoms with Crippen LogP contribution in [0.25, 0.3) is 9.40 Å². The number of fused-ring (bicyclic) bond motifs is 2. The standard InChI is InChI=1S/C16H14N2OS2/c17-12-2-1-10-3-5-18(9-11(10)7-12)16(19)15-8-14-13(21-15)4-6-20-14/h1-2,4,6-8H,3,5,9,17H2. The second-order valence-corrected chi connectivity index (χ2v) is 7.30. The van der Waals surface area contributed by atoms with Crippen LogP contribution in [0.15, 0.2) is 35.7 Å². The average molecular weight is 314 g/mol. The van der Waals surface area contributed by atoms with Gasteiger partial charge in [0.25, 0.3) is 5.91 Å². The third-order valence-electron chi connectivity index (χ3n) is 3.88. The highest BCUT2D eigenvalue weighted by atomic mass is 32.1. The smallest absolute Gasteiger partial charge is 0.264 e. The van der Waals surface area contributed by atoms with Crippen LogP contribution < -0.4 is 5.73 Å². The van der Waals surface area contributed by atoms with Crippen molar-refractivity contribution in [2.75, 3.05) is 12.3 Å². The Morgan fingerprint density at radius 3 is 2.90 bits per heavy atom. The normalized spacial score (nSPS) is 14.4. The molecule has 1 aromatic carbocycles. The largest absolute Gasteiger partial charge is 0.399 e. The second kappa shape index (κ2) is 4.86. The van der Waals surface area contributed by atoms with Crippen LogP contribution in [0.2, 0.25) is 0 Å². The Bertz CT molecular complexity index is 805. The van der Waals surface area contributed by atoms with Crippen LogP contribution in [0.1, 0.15) is 20.8 Å². The molecule has 5 heteroatoms. The number of thiophene rings is 2. The molecule has 1 aliphatic heterocycles. The lowest BCUT2D eigenvalue weighted by Crippen LogP contribution is -2.35. The summed E-state index contributed by atoms with van der Waals surface area (Å²) < 4.78 is 2.40. The van der Waals surface area contributed by atoms with E-state index in [1.807, 2.05) is 23.1 Å². The molecule has 0 aliphatic carbocycles. The summed E-state index contributed by atoms with van der Waals surface area (Å²) in [5.74, 6) is 0.136. The molecule has 2 N–H and O–H groups in total. The number of nitrogens with two attached hydrogens (primary N) is 1. The summed E-state index contributed by atoms with van der Waals surface area (Å²) in [7, 11) is 0. The van der Waals surface area contributed by atoms with Crippen molar-refractivity contribution in [2.24, 2.45) is 0 Å². The number of carbonyl (C=O) groups is 1. The van der Waals surface area contributed by atoms with Gasteiger partial charge in [-0.25, -0.2) is 0 Å². The first-order chi connectivity index (χ1) is 10.2. The van der Waals surface area contributed by atoms with E-state index in [0.29, 0.717) is 6.54 Å². The minimum absolute atomic E-state index is 0.136. The highest BCUT2D eigenvalue weighted by Crippen LogP contribution is 2.31. The molecule has 0 saturated carbocycles. The molecule has 21 heavy (non-hydrogen) atoms. The van der Waals surface area contributed by atoms with Gasteiger partial charge in [-0.3, -0.25) is 4.79 Å². The van der Waals surface area contributed by atoms with Gasteiger partial charge in [0.05, 0.1) is 4.88 Å². The molecule has 3 heterocycles. The summed E-state index contributed by atoms with van der Waals surface area (Å²) in [5, 5.41) is 2.06. The maximum absolute atomic E-state index is 12.7. The number of hydrogen-bond acceptors (Lipinski definition) is 4. The maximum Gasteiger partial charge on any atom is 0.264 e. The zero-order chi connectivity index (χ0) is 14.4. The summed E-state index contributed by atoms with van der Waals surface area (Å²) in [4.78, 5) is 15.4. The van der Waals surface area contributed by atoms with Gasteiger partial charge in [0.15, 0.2) is 0 Å². The SMILES string of the molecule is Nc1ccc2c(c1)CN(C(=O)c1cc3sccc3s1)CC2. The molecule has 1 aliphatic rings. The number of anilines is 1. The van der Waals surface area contributed by atoms with E-state index in [1.165, 1.54) is 20.5 Å². The lowest BCUT2D eigenvalue weighted by molar-refractivity contribution is 0.0740. The lowest BCUT2D eigenvalue weighted by Gasteiger charge is -2.28. The predicted molar refractivity (Wildman–Crippen MR) is 89.0 cm³/mol. The number of benzene rings is 1.